The third kappa shape index (κ3) is 3.26. The molecule has 3 fully saturated rings. The number of carbonyl (C=O) groups excluding carboxylic acids is 1. The van der Waals surface area contributed by atoms with Gasteiger partial charge in [0.15, 0.2) is 0 Å². The number of ether oxygens (including phenoxy) is 2. The van der Waals surface area contributed by atoms with Gasteiger partial charge in [0.2, 0.25) is 11.8 Å². The van der Waals surface area contributed by atoms with E-state index in [1.165, 1.54) is 0 Å². The Labute approximate surface area is 129 Å². The van der Waals surface area contributed by atoms with Gasteiger partial charge in [-0.15, -0.1) is 0 Å². The summed E-state index contributed by atoms with van der Waals surface area (Å²) >= 11 is 0. The molecule has 22 heavy (non-hydrogen) atoms. The number of halogens is 2. The molecule has 126 valence electrons. The minimum atomic E-state index is -2.64. The Morgan fingerprint density at radius 2 is 2.14 bits per heavy atom. The molecule has 0 spiro atoms. The number of likely N-dealkylation sites (tertiary alicyclic amines) is 1. The zero-order valence-corrected chi connectivity index (χ0v) is 13.0. The predicted octanol–water partition coefficient (Wildman–Crippen LogP) is 0.980. The minimum Gasteiger partial charge on any atom is -0.383 e. The molecule has 3 aliphatic rings. The van der Waals surface area contributed by atoms with Gasteiger partial charge in [0.1, 0.15) is 0 Å². The van der Waals surface area contributed by atoms with Gasteiger partial charge in [0, 0.05) is 52.0 Å². The zero-order valence-electron chi connectivity index (χ0n) is 13.0. The molecule has 1 saturated carbocycles. The van der Waals surface area contributed by atoms with Crippen LogP contribution < -0.4 is 0 Å². The van der Waals surface area contributed by atoms with Crippen molar-refractivity contribution in [2.24, 2.45) is 5.92 Å². The number of hydrogen-bond donors (Lipinski definition) is 0. The number of rotatable bonds is 4. The van der Waals surface area contributed by atoms with Crippen molar-refractivity contribution in [1.82, 2.24) is 9.80 Å². The fourth-order valence-electron chi connectivity index (χ4n) is 3.72. The van der Waals surface area contributed by atoms with Crippen LogP contribution in [0.4, 0.5) is 8.78 Å². The first-order valence-electron chi connectivity index (χ1n) is 8.01. The first kappa shape index (κ1) is 16.1. The summed E-state index contributed by atoms with van der Waals surface area (Å²) in [5.41, 5.74) is 0. The van der Waals surface area contributed by atoms with Crippen LogP contribution in [0.1, 0.15) is 19.3 Å². The summed E-state index contributed by atoms with van der Waals surface area (Å²) in [5, 5.41) is 0. The van der Waals surface area contributed by atoms with Crippen LogP contribution in [0.5, 0.6) is 0 Å². The van der Waals surface area contributed by atoms with E-state index in [1.807, 2.05) is 0 Å². The maximum absolute atomic E-state index is 13.0. The van der Waals surface area contributed by atoms with Gasteiger partial charge >= 0.3 is 0 Å². The highest BCUT2D eigenvalue weighted by Gasteiger charge is 2.50. The SMILES string of the molecule is COCCN1CCO[C@H]2CCN(C(=O)C3CC(F)(F)C3)C[C@@H]21. The summed E-state index contributed by atoms with van der Waals surface area (Å²) in [4.78, 5) is 16.4. The molecule has 0 unspecified atom stereocenters. The van der Waals surface area contributed by atoms with Crippen molar-refractivity contribution in [2.45, 2.75) is 37.3 Å². The molecular formula is C15H24F2N2O3. The second-order valence-corrected chi connectivity index (χ2v) is 6.54. The molecule has 5 nitrogen and oxygen atoms in total. The van der Waals surface area contributed by atoms with Crippen molar-refractivity contribution in [3.05, 3.63) is 0 Å². The lowest BCUT2D eigenvalue weighted by Gasteiger charge is -2.48. The fourth-order valence-corrected chi connectivity index (χ4v) is 3.72. The second-order valence-electron chi connectivity index (χ2n) is 6.54. The number of amides is 1. The van der Waals surface area contributed by atoms with E-state index in [0.29, 0.717) is 26.3 Å². The third-order valence-corrected chi connectivity index (χ3v) is 5.03. The number of morpholine rings is 1. The lowest BCUT2D eigenvalue weighted by atomic mass is 9.80. The van der Waals surface area contributed by atoms with Gasteiger partial charge in [-0.1, -0.05) is 0 Å². The number of fused-ring (bicyclic) bond motifs is 1. The molecule has 2 saturated heterocycles. The van der Waals surface area contributed by atoms with Crippen LogP contribution in [0, 0.1) is 5.92 Å². The van der Waals surface area contributed by atoms with Gasteiger partial charge in [-0.25, -0.2) is 8.78 Å². The number of hydrogen-bond acceptors (Lipinski definition) is 4. The average Bonchev–Trinajstić information content (AvgIpc) is 2.49. The van der Waals surface area contributed by atoms with E-state index in [-0.39, 0.29) is 30.9 Å². The van der Waals surface area contributed by atoms with Crippen molar-refractivity contribution in [3.8, 4) is 0 Å². The molecule has 0 aromatic carbocycles. The van der Waals surface area contributed by atoms with Gasteiger partial charge in [-0.3, -0.25) is 9.69 Å². The van der Waals surface area contributed by atoms with E-state index in [9.17, 15) is 13.6 Å². The highest BCUT2D eigenvalue weighted by Crippen LogP contribution is 2.43. The van der Waals surface area contributed by atoms with Crippen LogP contribution in [0.25, 0.3) is 0 Å². The highest BCUT2D eigenvalue weighted by atomic mass is 19.3. The lowest BCUT2D eigenvalue weighted by molar-refractivity contribution is -0.167. The molecule has 0 bridgehead atoms. The molecule has 0 N–H and O–H groups in total. The van der Waals surface area contributed by atoms with Crippen LogP contribution in [0.2, 0.25) is 0 Å². The van der Waals surface area contributed by atoms with Crippen molar-refractivity contribution in [1.29, 1.82) is 0 Å². The van der Waals surface area contributed by atoms with Crippen LogP contribution >= 0.6 is 0 Å². The smallest absolute Gasteiger partial charge is 0.249 e. The molecule has 7 heteroatoms. The van der Waals surface area contributed by atoms with E-state index in [2.05, 4.69) is 4.90 Å². The summed E-state index contributed by atoms with van der Waals surface area (Å²) in [7, 11) is 1.67. The van der Waals surface area contributed by atoms with Gasteiger partial charge < -0.3 is 14.4 Å². The first-order valence-corrected chi connectivity index (χ1v) is 8.01. The van der Waals surface area contributed by atoms with Gasteiger partial charge in [-0.2, -0.15) is 0 Å². The van der Waals surface area contributed by atoms with Gasteiger partial charge in [0.05, 0.1) is 25.4 Å². The number of methoxy groups -OCH3 is 1. The molecule has 1 aliphatic carbocycles. The van der Waals surface area contributed by atoms with E-state index < -0.39 is 11.8 Å². The molecule has 2 aliphatic heterocycles. The van der Waals surface area contributed by atoms with E-state index >= 15 is 0 Å². The van der Waals surface area contributed by atoms with Crippen LogP contribution in [0.3, 0.4) is 0 Å². The van der Waals surface area contributed by atoms with Crippen molar-refractivity contribution < 1.29 is 23.0 Å². The lowest BCUT2D eigenvalue weighted by Crippen LogP contribution is -2.62. The Kier molecular flexibility index (Phi) is 4.66. The molecule has 0 aromatic heterocycles. The summed E-state index contributed by atoms with van der Waals surface area (Å²) in [5.74, 6) is -3.25. The topological polar surface area (TPSA) is 42.0 Å². The maximum atomic E-state index is 13.0. The van der Waals surface area contributed by atoms with Gasteiger partial charge in [-0.05, 0) is 6.42 Å². The monoisotopic (exact) mass is 318 g/mol. The molecule has 1 amide bonds. The second kappa shape index (κ2) is 6.37. The number of nitrogens with zero attached hydrogens (tertiary/aromatic N) is 2. The summed E-state index contributed by atoms with van der Waals surface area (Å²) in [6.45, 7) is 4.17. The fraction of sp³-hybridized carbons (Fsp3) is 0.933. The van der Waals surface area contributed by atoms with Gasteiger partial charge in [0.25, 0.3) is 0 Å². The number of piperidine rings is 1. The largest absolute Gasteiger partial charge is 0.383 e. The zero-order chi connectivity index (χ0) is 15.7. The summed E-state index contributed by atoms with van der Waals surface area (Å²) in [6, 6.07) is 0.155. The highest BCUT2D eigenvalue weighted by molar-refractivity contribution is 5.80. The summed E-state index contributed by atoms with van der Waals surface area (Å²) < 4.78 is 36.9. The molecule has 2 heterocycles. The Morgan fingerprint density at radius 1 is 1.36 bits per heavy atom. The Hall–Kier alpha value is -0.790. The van der Waals surface area contributed by atoms with Crippen molar-refractivity contribution in [3.63, 3.8) is 0 Å². The van der Waals surface area contributed by atoms with E-state index in [4.69, 9.17) is 9.47 Å². The predicted molar refractivity (Wildman–Crippen MR) is 75.8 cm³/mol. The minimum absolute atomic E-state index is 0.110. The molecule has 2 atom stereocenters. The summed E-state index contributed by atoms with van der Waals surface area (Å²) in [6.07, 6.45) is 0.335. The van der Waals surface area contributed by atoms with Crippen molar-refractivity contribution >= 4 is 5.91 Å². The Bertz CT molecular complexity index is 414. The molecule has 3 rings (SSSR count). The van der Waals surface area contributed by atoms with Crippen LogP contribution in [-0.2, 0) is 14.3 Å². The van der Waals surface area contributed by atoms with Crippen LogP contribution in [-0.4, -0.2) is 80.3 Å². The van der Waals surface area contributed by atoms with E-state index in [1.54, 1.807) is 12.0 Å². The molecule has 0 radical (unpaired) electrons. The first-order chi connectivity index (χ1) is 10.5. The Morgan fingerprint density at radius 3 is 2.82 bits per heavy atom. The number of alkyl halides is 2. The maximum Gasteiger partial charge on any atom is 0.249 e. The Balaban J connectivity index is 1.58. The number of carbonyl (C=O) groups is 1. The quantitative estimate of drug-likeness (QED) is 0.775. The molecule has 0 aromatic rings. The standard InChI is InChI=1S/C15H24F2N2O3/c1-21-6-4-18-5-7-22-13-2-3-19(10-12(13)18)14(20)11-8-15(16,17)9-11/h11-13H,2-10H2,1H3/t12-,13-/m0/s1. The normalized spacial score (nSPS) is 32.4. The molecular weight excluding hydrogens is 294 g/mol. The average molecular weight is 318 g/mol. The van der Waals surface area contributed by atoms with Crippen LogP contribution in [0.15, 0.2) is 0 Å². The van der Waals surface area contributed by atoms with E-state index in [0.717, 1.165) is 19.5 Å². The third-order valence-electron chi connectivity index (χ3n) is 5.03. The van der Waals surface area contributed by atoms with Crippen molar-refractivity contribution in [2.75, 3.05) is 46.5 Å².